The van der Waals surface area contributed by atoms with Gasteiger partial charge in [-0.15, -0.1) is 0 Å². The summed E-state index contributed by atoms with van der Waals surface area (Å²) in [4.78, 5) is 4.43. The number of benzene rings is 2. The van der Waals surface area contributed by atoms with Crippen LogP contribution in [0.3, 0.4) is 0 Å². The number of phenolic OH excluding ortho intramolecular Hbond substituents is 2. The molecule has 0 fully saturated rings. The summed E-state index contributed by atoms with van der Waals surface area (Å²) in [6.07, 6.45) is 4.34. The summed E-state index contributed by atoms with van der Waals surface area (Å²) in [5.41, 5.74) is 20.3. The first kappa shape index (κ1) is 23.5. The number of pyridine rings is 1. The highest BCUT2D eigenvalue weighted by atomic mass is 16.3. The summed E-state index contributed by atoms with van der Waals surface area (Å²) in [6.45, 7) is 8.18. The van der Waals surface area contributed by atoms with Crippen LogP contribution in [0.15, 0.2) is 30.3 Å². The Morgan fingerprint density at radius 2 is 0.875 bits per heavy atom. The first-order valence-electron chi connectivity index (χ1n) is 11.5. The summed E-state index contributed by atoms with van der Waals surface area (Å²) in [5, 5.41) is 20.8. The zero-order valence-electron chi connectivity index (χ0n) is 19.6. The van der Waals surface area contributed by atoms with Gasteiger partial charge in [-0.1, -0.05) is 52.0 Å². The van der Waals surface area contributed by atoms with Gasteiger partial charge in [-0.3, -0.25) is 0 Å². The molecular weight excluding hydrogens is 398 g/mol. The number of nitrogens with two attached hydrogens (primary N) is 2. The Kier molecular flexibility index (Phi) is 7.29. The van der Waals surface area contributed by atoms with Gasteiger partial charge in [-0.2, -0.15) is 0 Å². The highest BCUT2D eigenvalue weighted by Gasteiger charge is 2.14. The summed E-state index contributed by atoms with van der Waals surface area (Å²) in [7, 11) is 0. The molecule has 0 spiro atoms. The van der Waals surface area contributed by atoms with Crippen molar-refractivity contribution in [3.8, 4) is 11.5 Å². The van der Waals surface area contributed by atoms with E-state index < -0.39 is 0 Å². The van der Waals surface area contributed by atoms with E-state index in [2.05, 4.69) is 4.98 Å². The van der Waals surface area contributed by atoms with Gasteiger partial charge in [0.25, 0.3) is 0 Å². The summed E-state index contributed by atoms with van der Waals surface area (Å²) in [6, 6.07) is 10.2. The topological polar surface area (TPSA) is 105 Å². The molecule has 2 aromatic carbocycles. The SMILES string of the molecule is CCc1cc(Cc2cc(Cc3cc(CC)c(O)c(CC)c3)c(N)nc2N)cc(CC)c1O. The van der Waals surface area contributed by atoms with Gasteiger partial charge in [0.1, 0.15) is 23.1 Å². The Bertz CT molecular complexity index is 987. The van der Waals surface area contributed by atoms with E-state index in [-0.39, 0.29) is 0 Å². The van der Waals surface area contributed by atoms with E-state index in [0.29, 0.717) is 36.0 Å². The fraction of sp³-hybridized carbons (Fsp3) is 0.370. The van der Waals surface area contributed by atoms with Gasteiger partial charge in [-0.05, 0) is 76.3 Å². The maximum absolute atomic E-state index is 10.4. The Balaban J connectivity index is 1.97. The molecule has 3 rings (SSSR count). The van der Waals surface area contributed by atoms with Crippen LogP contribution in [0.5, 0.6) is 11.5 Å². The van der Waals surface area contributed by atoms with Crippen LogP contribution in [0.1, 0.15) is 72.2 Å². The molecule has 3 aromatic rings. The second kappa shape index (κ2) is 9.94. The lowest BCUT2D eigenvalue weighted by atomic mass is 9.94. The monoisotopic (exact) mass is 433 g/mol. The molecule has 0 saturated heterocycles. The molecule has 0 unspecified atom stereocenters. The fourth-order valence-corrected chi connectivity index (χ4v) is 4.30. The first-order valence-corrected chi connectivity index (χ1v) is 11.5. The van der Waals surface area contributed by atoms with Gasteiger partial charge in [-0.25, -0.2) is 4.98 Å². The molecule has 1 aromatic heterocycles. The molecule has 0 radical (unpaired) electrons. The number of hydrogen-bond acceptors (Lipinski definition) is 5. The lowest BCUT2D eigenvalue weighted by molar-refractivity contribution is 0.461. The largest absolute Gasteiger partial charge is 0.507 e. The van der Waals surface area contributed by atoms with Crippen LogP contribution in [0.2, 0.25) is 0 Å². The molecule has 5 nitrogen and oxygen atoms in total. The number of nitrogens with zero attached hydrogens (tertiary/aromatic N) is 1. The van der Waals surface area contributed by atoms with Crippen LogP contribution in [0, 0.1) is 0 Å². The van der Waals surface area contributed by atoms with Crippen molar-refractivity contribution in [3.05, 3.63) is 74.8 Å². The van der Waals surface area contributed by atoms with E-state index in [1.807, 2.05) is 58.0 Å². The van der Waals surface area contributed by atoms with Crippen LogP contribution < -0.4 is 11.5 Å². The van der Waals surface area contributed by atoms with Crippen molar-refractivity contribution in [2.75, 3.05) is 11.5 Å². The molecule has 0 aliphatic rings. The Hall–Kier alpha value is -3.21. The summed E-state index contributed by atoms with van der Waals surface area (Å²) in [5.74, 6) is 1.66. The summed E-state index contributed by atoms with van der Waals surface area (Å²) < 4.78 is 0. The van der Waals surface area contributed by atoms with Crippen LogP contribution in [0.25, 0.3) is 0 Å². The maximum Gasteiger partial charge on any atom is 0.129 e. The van der Waals surface area contributed by atoms with Gasteiger partial charge >= 0.3 is 0 Å². The minimum atomic E-state index is 0.397. The number of phenols is 2. The van der Waals surface area contributed by atoms with Gasteiger partial charge in [0.05, 0.1) is 0 Å². The Morgan fingerprint density at radius 1 is 0.562 bits per heavy atom. The normalized spacial score (nSPS) is 11.1. The number of anilines is 2. The van der Waals surface area contributed by atoms with Crippen molar-refractivity contribution < 1.29 is 10.2 Å². The number of hydrogen-bond donors (Lipinski definition) is 4. The zero-order valence-corrected chi connectivity index (χ0v) is 19.6. The van der Waals surface area contributed by atoms with Gasteiger partial charge < -0.3 is 21.7 Å². The number of aromatic hydroxyl groups is 2. The smallest absolute Gasteiger partial charge is 0.129 e. The molecule has 0 aliphatic heterocycles. The molecule has 0 saturated carbocycles. The van der Waals surface area contributed by atoms with Crippen molar-refractivity contribution in [3.63, 3.8) is 0 Å². The molecule has 5 heteroatoms. The van der Waals surface area contributed by atoms with E-state index in [1.54, 1.807) is 0 Å². The molecule has 1 heterocycles. The average Bonchev–Trinajstić information content (AvgIpc) is 2.78. The van der Waals surface area contributed by atoms with E-state index in [9.17, 15) is 10.2 Å². The van der Waals surface area contributed by atoms with Gasteiger partial charge in [0.2, 0.25) is 0 Å². The highest BCUT2D eigenvalue weighted by Crippen LogP contribution is 2.30. The lowest BCUT2D eigenvalue weighted by Gasteiger charge is -2.15. The zero-order chi connectivity index (χ0) is 23.4. The third-order valence-electron chi connectivity index (χ3n) is 6.22. The minimum absolute atomic E-state index is 0.397. The van der Waals surface area contributed by atoms with Gasteiger partial charge in [0.15, 0.2) is 0 Å². The molecule has 32 heavy (non-hydrogen) atoms. The fourth-order valence-electron chi connectivity index (χ4n) is 4.30. The Labute approximate surface area is 191 Å². The number of nitrogen functional groups attached to an aromatic ring is 2. The lowest BCUT2D eigenvalue weighted by Crippen LogP contribution is -2.07. The van der Waals surface area contributed by atoms with Gasteiger partial charge in [0, 0.05) is 12.8 Å². The highest BCUT2D eigenvalue weighted by molar-refractivity contribution is 5.56. The molecular formula is C27H35N3O2. The van der Waals surface area contributed by atoms with E-state index in [4.69, 9.17) is 11.5 Å². The van der Waals surface area contributed by atoms with E-state index in [1.165, 1.54) is 0 Å². The first-order chi connectivity index (χ1) is 15.3. The van der Waals surface area contributed by atoms with Crippen LogP contribution in [-0.2, 0) is 38.5 Å². The minimum Gasteiger partial charge on any atom is -0.507 e. The van der Waals surface area contributed by atoms with Crippen LogP contribution >= 0.6 is 0 Å². The molecule has 6 N–H and O–H groups in total. The second-order valence-corrected chi connectivity index (χ2v) is 8.37. The molecule has 0 amide bonds. The predicted molar refractivity (Wildman–Crippen MR) is 132 cm³/mol. The van der Waals surface area contributed by atoms with Crippen LogP contribution in [0.4, 0.5) is 11.6 Å². The standard InChI is InChI=1S/C27H35N3O2/c1-5-18-9-16(10-19(6-2)24(18)31)13-22-15-23(27(29)30-26(22)28)14-17-11-20(7-3)25(32)21(8-4)12-17/h9-12,15,31-32H,5-8,13-14H2,1-4H3,(H4,28,29,30). The number of aryl methyl sites for hydroxylation is 4. The molecule has 0 bridgehead atoms. The molecule has 0 atom stereocenters. The van der Waals surface area contributed by atoms with E-state index in [0.717, 1.165) is 70.2 Å². The number of aromatic nitrogens is 1. The predicted octanol–water partition coefficient (Wildman–Crippen LogP) is 5.09. The third-order valence-corrected chi connectivity index (χ3v) is 6.22. The molecule has 0 aliphatic carbocycles. The van der Waals surface area contributed by atoms with Crippen molar-refractivity contribution in [1.82, 2.24) is 4.98 Å². The summed E-state index contributed by atoms with van der Waals surface area (Å²) >= 11 is 0. The second-order valence-electron chi connectivity index (χ2n) is 8.37. The van der Waals surface area contributed by atoms with Crippen molar-refractivity contribution in [1.29, 1.82) is 0 Å². The average molecular weight is 434 g/mol. The van der Waals surface area contributed by atoms with Crippen molar-refractivity contribution in [2.45, 2.75) is 66.2 Å². The maximum atomic E-state index is 10.4. The number of rotatable bonds is 8. The van der Waals surface area contributed by atoms with Crippen LogP contribution in [-0.4, -0.2) is 15.2 Å². The quantitative estimate of drug-likeness (QED) is 0.396. The Morgan fingerprint density at radius 3 is 1.16 bits per heavy atom. The van der Waals surface area contributed by atoms with Crippen molar-refractivity contribution >= 4 is 11.6 Å². The van der Waals surface area contributed by atoms with Crippen molar-refractivity contribution in [2.24, 2.45) is 0 Å². The van der Waals surface area contributed by atoms with E-state index >= 15 is 0 Å². The molecule has 170 valence electrons. The third kappa shape index (κ3) is 4.82.